The maximum Gasteiger partial charge on any atom is 0.118 e. The molecule has 82 valence electrons. The summed E-state index contributed by atoms with van der Waals surface area (Å²) in [6.45, 7) is 5.19. The fraction of sp³-hybridized carbons (Fsp3) is 0.333. The number of halogens is 1. The molecule has 0 saturated heterocycles. The molecule has 0 aliphatic carbocycles. The molecule has 0 bridgehead atoms. The van der Waals surface area contributed by atoms with E-state index in [1.807, 2.05) is 24.3 Å². The summed E-state index contributed by atoms with van der Waals surface area (Å²) >= 11 is 2.22. The summed E-state index contributed by atoms with van der Waals surface area (Å²) in [6.07, 6.45) is 0.913. The minimum atomic E-state index is 0.647. The zero-order valence-electron chi connectivity index (χ0n) is 8.83. The van der Waals surface area contributed by atoms with Crippen LogP contribution in [0.3, 0.4) is 0 Å². The van der Waals surface area contributed by atoms with Gasteiger partial charge in [0.1, 0.15) is 5.75 Å². The van der Waals surface area contributed by atoms with Crippen LogP contribution in [-0.4, -0.2) is 13.7 Å². The molecule has 0 aromatic heterocycles. The van der Waals surface area contributed by atoms with Gasteiger partial charge in [0.25, 0.3) is 0 Å². The third-order valence-electron chi connectivity index (χ3n) is 1.95. The Bertz CT molecular complexity index is 306. The minimum Gasteiger partial charge on any atom is -0.497 e. The normalized spacial score (nSPS) is 10.0. The van der Waals surface area contributed by atoms with Crippen LogP contribution in [0, 0.1) is 0 Å². The fourth-order valence-corrected chi connectivity index (χ4v) is 1.31. The van der Waals surface area contributed by atoms with Crippen molar-refractivity contribution in [1.29, 1.82) is 0 Å². The van der Waals surface area contributed by atoms with Crippen LogP contribution in [-0.2, 0) is 11.3 Å². The molecule has 0 amide bonds. The van der Waals surface area contributed by atoms with Gasteiger partial charge in [0.05, 0.1) is 20.3 Å². The van der Waals surface area contributed by atoms with Crippen LogP contribution >= 0.6 is 22.6 Å². The van der Waals surface area contributed by atoms with Crippen molar-refractivity contribution in [3.05, 3.63) is 40.0 Å². The predicted octanol–water partition coefficient (Wildman–Crippen LogP) is 3.55. The van der Waals surface area contributed by atoms with Crippen LogP contribution in [0.4, 0.5) is 0 Å². The Kier molecular flexibility index (Phi) is 5.71. The molecule has 0 unspecified atom stereocenters. The SMILES string of the molecule is C=C(I)CCOCc1ccc(OC)cc1. The molecular formula is C12H15IO2. The van der Waals surface area contributed by atoms with E-state index in [9.17, 15) is 0 Å². The molecule has 0 N–H and O–H groups in total. The molecule has 0 radical (unpaired) electrons. The number of methoxy groups -OCH3 is 1. The lowest BCUT2D eigenvalue weighted by Crippen LogP contribution is -1.95. The predicted molar refractivity (Wildman–Crippen MR) is 70.4 cm³/mol. The van der Waals surface area contributed by atoms with E-state index >= 15 is 0 Å². The Morgan fingerprint density at radius 1 is 1.33 bits per heavy atom. The number of hydrogen-bond acceptors (Lipinski definition) is 2. The van der Waals surface area contributed by atoms with E-state index in [1.165, 1.54) is 0 Å². The van der Waals surface area contributed by atoms with Crippen molar-refractivity contribution in [2.75, 3.05) is 13.7 Å². The van der Waals surface area contributed by atoms with E-state index in [1.54, 1.807) is 7.11 Å². The molecule has 3 heteroatoms. The van der Waals surface area contributed by atoms with Crippen molar-refractivity contribution in [3.63, 3.8) is 0 Å². The largest absolute Gasteiger partial charge is 0.497 e. The molecular weight excluding hydrogens is 303 g/mol. The van der Waals surface area contributed by atoms with Crippen molar-refractivity contribution < 1.29 is 9.47 Å². The van der Waals surface area contributed by atoms with Crippen LogP contribution in [0.15, 0.2) is 34.4 Å². The van der Waals surface area contributed by atoms with Crippen molar-refractivity contribution in [1.82, 2.24) is 0 Å². The lowest BCUT2D eigenvalue weighted by atomic mass is 10.2. The molecule has 1 rings (SSSR count). The Morgan fingerprint density at radius 3 is 2.53 bits per heavy atom. The molecule has 0 aliphatic rings. The second-order valence-electron chi connectivity index (χ2n) is 3.17. The second kappa shape index (κ2) is 6.85. The molecule has 1 aromatic rings. The second-order valence-corrected chi connectivity index (χ2v) is 4.69. The average Bonchev–Trinajstić information content (AvgIpc) is 2.25. The van der Waals surface area contributed by atoms with Crippen LogP contribution in [0.5, 0.6) is 5.75 Å². The van der Waals surface area contributed by atoms with Gasteiger partial charge in [0.2, 0.25) is 0 Å². The molecule has 0 heterocycles. The lowest BCUT2D eigenvalue weighted by Gasteiger charge is -2.04. The number of benzene rings is 1. The average molecular weight is 318 g/mol. The third-order valence-corrected chi connectivity index (χ3v) is 2.48. The van der Waals surface area contributed by atoms with E-state index in [0.717, 1.165) is 27.9 Å². The van der Waals surface area contributed by atoms with Gasteiger partial charge in [0.15, 0.2) is 0 Å². The van der Waals surface area contributed by atoms with Crippen molar-refractivity contribution in [2.24, 2.45) is 0 Å². The standard InChI is InChI=1S/C12H15IO2/c1-10(13)7-8-15-9-11-3-5-12(14-2)6-4-11/h3-6H,1,7-9H2,2H3. The topological polar surface area (TPSA) is 18.5 Å². The van der Waals surface area contributed by atoms with Crippen molar-refractivity contribution >= 4 is 22.6 Å². The van der Waals surface area contributed by atoms with Crippen molar-refractivity contribution in [3.8, 4) is 5.75 Å². The van der Waals surface area contributed by atoms with Crippen LogP contribution in [0.2, 0.25) is 0 Å². The number of ether oxygens (including phenoxy) is 2. The first-order chi connectivity index (χ1) is 7.22. The zero-order chi connectivity index (χ0) is 11.1. The van der Waals surface area contributed by atoms with Gasteiger partial charge in [-0.1, -0.05) is 18.7 Å². The zero-order valence-corrected chi connectivity index (χ0v) is 11.0. The summed E-state index contributed by atoms with van der Waals surface area (Å²) in [5, 5.41) is 0. The highest BCUT2D eigenvalue weighted by molar-refractivity contribution is 14.1. The molecule has 0 saturated carbocycles. The van der Waals surface area contributed by atoms with Gasteiger partial charge in [-0.2, -0.15) is 0 Å². The van der Waals surface area contributed by atoms with Crippen molar-refractivity contribution in [2.45, 2.75) is 13.0 Å². The molecule has 0 atom stereocenters. The van der Waals surface area contributed by atoms with Crippen LogP contribution in [0.25, 0.3) is 0 Å². The number of hydrogen-bond donors (Lipinski definition) is 0. The summed E-state index contributed by atoms with van der Waals surface area (Å²) in [5.41, 5.74) is 1.16. The van der Waals surface area contributed by atoms with E-state index < -0.39 is 0 Å². The van der Waals surface area contributed by atoms with E-state index in [2.05, 4.69) is 29.2 Å². The summed E-state index contributed by atoms with van der Waals surface area (Å²) < 4.78 is 11.7. The summed E-state index contributed by atoms with van der Waals surface area (Å²) in [6, 6.07) is 7.90. The first-order valence-electron chi connectivity index (χ1n) is 4.76. The first-order valence-corrected chi connectivity index (χ1v) is 5.84. The molecule has 0 spiro atoms. The minimum absolute atomic E-state index is 0.647. The van der Waals surface area contributed by atoms with Gasteiger partial charge < -0.3 is 9.47 Å². The van der Waals surface area contributed by atoms with Gasteiger partial charge in [0, 0.05) is 6.42 Å². The Hall–Kier alpha value is -0.550. The van der Waals surface area contributed by atoms with E-state index in [0.29, 0.717) is 6.61 Å². The third kappa shape index (κ3) is 5.18. The first kappa shape index (κ1) is 12.5. The van der Waals surface area contributed by atoms with Gasteiger partial charge in [-0.3, -0.25) is 0 Å². The molecule has 1 aromatic carbocycles. The fourth-order valence-electron chi connectivity index (χ4n) is 1.09. The van der Waals surface area contributed by atoms with Crippen LogP contribution < -0.4 is 4.74 Å². The molecule has 0 fully saturated rings. The van der Waals surface area contributed by atoms with E-state index in [4.69, 9.17) is 9.47 Å². The maximum atomic E-state index is 5.50. The Labute approximate surface area is 104 Å². The van der Waals surface area contributed by atoms with Gasteiger partial charge in [-0.15, -0.1) is 0 Å². The lowest BCUT2D eigenvalue weighted by molar-refractivity contribution is 0.125. The Morgan fingerprint density at radius 2 is 2.00 bits per heavy atom. The summed E-state index contributed by atoms with van der Waals surface area (Å²) in [4.78, 5) is 0. The van der Waals surface area contributed by atoms with Gasteiger partial charge >= 0.3 is 0 Å². The van der Waals surface area contributed by atoms with Gasteiger partial charge in [-0.25, -0.2) is 0 Å². The molecule has 2 nitrogen and oxygen atoms in total. The van der Waals surface area contributed by atoms with Gasteiger partial charge in [-0.05, 0) is 43.9 Å². The van der Waals surface area contributed by atoms with Crippen LogP contribution in [0.1, 0.15) is 12.0 Å². The Balaban J connectivity index is 2.28. The maximum absolute atomic E-state index is 5.50. The molecule has 0 aliphatic heterocycles. The number of rotatable bonds is 6. The quantitative estimate of drug-likeness (QED) is 0.590. The smallest absolute Gasteiger partial charge is 0.118 e. The van der Waals surface area contributed by atoms with E-state index in [-0.39, 0.29) is 0 Å². The molecule has 15 heavy (non-hydrogen) atoms. The highest BCUT2D eigenvalue weighted by atomic mass is 127. The highest BCUT2D eigenvalue weighted by Gasteiger charge is 1.95. The highest BCUT2D eigenvalue weighted by Crippen LogP contribution is 2.12. The summed E-state index contributed by atoms with van der Waals surface area (Å²) in [5.74, 6) is 0.874. The summed E-state index contributed by atoms with van der Waals surface area (Å²) in [7, 11) is 1.66. The monoisotopic (exact) mass is 318 g/mol.